The molecule has 106 valence electrons. The van der Waals surface area contributed by atoms with E-state index in [1.807, 2.05) is 6.20 Å². The van der Waals surface area contributed by atoms with Crippen LogP contribution in [-0.4, -0.2) is 16.0 Å². The Morgan fingerprint density at radius 1 is 1.15 bits per heavy atom. The van der Waals surface area contributed by atoms with E-state index in [1.165, 1.54) is 44.1 Å². The van der Waals surface area contributed by atoms with Crippen LogP contribution in [0.3, 0.4) is 0 Å². The minimum Gasteiger partial charge on any atom is -0.345 e. The third-order valence-electron chi connectivity index (χ3n) is 4.15. The van der Waals surface area contributed by atoms with Crippen molar-refractivity contribution in [3.05, 3.63) is 42.2 Å². The van der Waals surface area contributed by atoms with Crippen molar-refractivity contribution in [3.63, 3.8) is 0 Å². The fourth-order valence-electron chi connectivity index (χ4n) is 3.00. The first-order chi connectivity index (χ1) is 9.92. The molecule has 3 rings (SSSR count). The number of imidazole rings is 1. The van der Waals surface area contributed by atoms with Gasteiger partial charge in [0.1, 0.15) is 5.82 Å². The van der Waals surface area contributed by atoms with Gasteiger partial charge >= 0.3 is 0 Å². The number of nitrogens with one attached hydrogen (secondary N) is 2. The number of nitrogens with zero attached hydrogens (tertiary/aromatic N) is 1. The van der Waals surface area contributed by atoms with Crippen molar-refractivity contribution in [2.75, 3.05) is 0 Å². The minimum atomic E-state index is 0.699. The number of aromatic nitrogens is 2. The van der Waals surface area contributed by atoms with Crippen LogP contribution in [0.25, 0.3) is 11.4 Å². The summed E-state index contributed by atoms with van der Waals surface area (Å²) in [6, 6.07) is 9.33. The highest BCUT2D eigenvalue weighted by Gasteiger charge is 2.11. The lowest BCUT2D eigenvalue weighted by Crippen LogP contribution is -2.27. The van der Waals surface area contributed by atoms with E-state index in [0.29, 0.717) is 6.04 Å². The molecule has 0 bridgehead atoms. The van der Waals surface area contributed by atoms with Crippen LogP contribution < -0.4 is 5.32 Å². The largest absolute Gasteiger partial charge is 0.345 e. The molecule has 1 aliphatic rings. The van der Waals surface area contributed by atoms with E-state index in [2.05, 4.69) is 39.6 Å². The van der Waals surface area contributed by atoms with Gasteiger partial charge in [-0.15, -0.1) is 0 Å². The standard InChI is InChI=1S/C17H23N3/c1-2-4-9-16(8-3-1)20-13-14-6-5-7-15(12-14)17-18-10-11-19-17/h5-7,10-12,16,20H,1-4,8-9,13H2,(H,18,19). The molecule has 0 radical (unpaired) electrons. The highest BCUT2D eigenvalue weighted by molar-refractivity contribution is 5.55. The van der Waals surface area contributed by atoms with Gasteiger partial charge in [0.2, 0.25) is 0 Å². The van der Waals surface area contributed by atoms with Crippen LogP contribution in [0.15, 0.2) is 36.7 Å². The molecule has 2 aromatic rings. The number of hydrogen-bond acceptors (Lipinski definition) is 2. The Hall–Kier alpha value is -1.61. The lowest BCUT2D eigenvalue weighted by atomic mass is 10.1. The van der Waals surface area contributed by atoms with Gasteiger partial charge in [0.25, 0.3) is 0 Å². The highest BCUT2D eigenvalue weighted by atomic mass is 14.9. The number of H-pyrrole nitrogens is 1. The van der Waals surface area contributed by atoms with Crippen LogP contribution >= 0.6 is 0 Å². The summed E-state index contributed by atoms with van der Waals surface area (Å²) in [7, 11) is 0. The summed E-state index contributed by atoms with van der Waals surface area (Å²) in [5.74, 6) is 0.946. The fourth-order valence-corrected chi connectivity index (χ4v) is 3.00. The molecule has 1 aliphatic carbocycles. The van der Waals surface area contributed by atoms with Gasteiger partial charge < -0.3 is 10.3 Å². The van der Waals surface area contributed by atoms with Crippen LogP contribution in [0.2, 0.25) is 0 Å². The summed E-state index contributed by atoms with van der Waals surface area (Å²) in [5, 5.41) is 3.72. The van der Waals surface area contributed by atoms with Crippen molar-refractivity contribution >= 4 is 0 Å². The van der Waals surface area contributed by atoms with E-state index in [0.717, 1.165) is 17.9 Å². The van der Waals surface area contributed by atoms with Crippen molar-refractivity contribution in [2.45, 2.75) is 51.1 Å². The Labute approximate surface area is 120 Å². The van der Waals surface area contributed by atoms with Gasteiger partial charge in [-0.3, -0.25) is 0 Å². The molecule has 3 heteroatoms. The zero-order valence-electron chi connectivity index (χ0n) is 11.9. The van der Waals surface area contributed by atoms with Crippen molar-refractivity contribution in [3.8, 4) is 11.4 Å². The third kappa shape index (κ3) is 3.48. The van der Waals surface area contributed by atoms with E-state index in [9.17, 15) is 0 Å². The van der Waals surface area contributed by atoms with Gasteiger partial charge in [-0.25, -0.2) is 4.98 Å². The molecule has 1 aromatic carbocycles. The van der Waals surface area contributed by atoms with Crippen molar-refractivity contribution in [1.82, 2.24) is 15.3 Å². The number of aromatic amines is 1. The summed E-state index contributed by atoms with van der Waals surface area (Å²) in [6.07, 6.45) is 11.9. The van der Waals surface area contributed by atoms with Crippen LogP contribution in [0.1, 0.15) is 44.1 Å². The first kappa shape index (κ1) is 13.4. The average Bonchev–Trinajstić information content (AvgIpc) is 2.90. The quantitative estimate of drug-likeness (QED) is 0.827. The maximum atomic E-state index is 4.31. The average molecular weight is 269 g/mol. The number of hydrogen-bond donors (Lipinski definition) is 2. The number of benzene rings is 1. The zero-order valence-corrected chi connectivity index (χ0v) is 11.9. The van der Waals surface area contributed by atoms with Crippen molar-refractivity contribution in [1.29, 1.82) is 0 Å². The second kappa shape index (κ2) is 6.71. The van der Waals surface area contributed by atoms with Gasteiger partial charge in [0.05, 0.1) is 0 Å². The second-order valence-corrected chi connectivity index (χ2v) is 5.71. The summed E-state index contributed by atoms with van der Waals surface area (Å²) < 4.78 is 0. The van der Waals surface area contributed by atoms with E-state index in [-0.39, 0.29) is 0 Å². The van der Waals surface area contributed by atoms with Gasteiger partial charge in [-0.1, -0.05) is 43.9 Å². The molecule has 3 nitrogen and oxygen atoms in total. The van der Waals surface area contributed by atoms with Crippen molar-refractivity contribution < 1.29 is 0 Å². The topological polar surface area (TPSA) is 40.7 Å². The molecule has 0 unspecified atom stereocenters. The van der Waals surface area contributed by atoms with Crippen LogP contribution in [-0.2, 0) is 6.54 Å². The summed E-state index contributed by atoms with van der Waals surface area (Å²) in [5.41, 5.74) is 2.50. The Morgan fingerprint density at radius 3 is 2.75 bits per heavy atom. The lowest BCUT2D eigenvalue weighted by Gasteiger charge is -2.16. The molecule has 0 atom stereocenters. The zero-order chi connectivity index (χ0) is 13.6. The predicted octanol–water partition coefficient (Wildman–Crippen LogP) is 3.89. The molecule has 1 fully saturated rings. The van der Waals surface area contributed by atoms with Gasteiger partial charge in [0.15, 0.2) is 0 Å². The van der Waals surface area contributed by atoms with Gasteiger partial charge in [-0.05, 0) is 24.5 Å². The van der Waals surface area contributed by atoms with Gasteiger partial charge in [-0.2, -0.15) is 0 Å². The smallest absolute Gasteiger partial charge is 0.137 e. The first-order valence-corrected chi connectivity index (χ1v) is 7.74. The molecule has 0 saturated heterocycles. The molecule has 1 saturated carbocycles. The van der Waals surface area contributed by atoms with E-state index >= 15 is 0 Å². The Kier molecular flexibility index (Phi) is 4.49. The van der Waals surface area contributed by atoms with E-state index in [1.54, 1.807) is 6.20 Å². The minimum absolute atomic E-state index is 0.699. The Morgan fingerprint density at radius 2 is 2.00 bits per heavy atom. The maximum Gasteiger partial charge on any atom is 0.137 e. The predicted molar refractivity (Wildman–Crippen MR) is 82.4 cm³/mol. The Balaban J connectivity index is 1.61. The molecule has 0 spiro atoms. The monoisotopic (exact) mass is 269 g/mol. The maximum absolute atomic E-state index is 4.31. The molecule has 1 aromatic heterocycles. The number of rotatable bonds is 4. The van der Waals surface area contributed by atoms with E-state index < -0.39 is 0 Å². The first-order valence-electron chi connectivity index (χ1n) is 7.74. The summed E-state index contributed by atoms with van der Waals surface area (Å²) in [4.78, 5) is 7.48. The Bertz CT molecular complexity index is 511. The SMILES string of the molecule is c1cc(CNC2CCCCCC2)cc(-c2ncc[nH]2)c1. The second-order valence-electron chi connectivity index (χ2n) is 5.71. The van der Waals surface area contributed by atoms with Crippen LogP contribution in [0, 0.1) is 0 Å². The molecule has 2 N–H and O–H groups in total. The third-order valence-corrected chi connectivity index (χ3v) is 4.15. The van der Waals surface area contributed by atoms with Gasteiger partial charge in [0, 0.05) is 30.5 Å². The molecule has 20 heavy (non-hydrogen) atoms. The lowest BCUT2D eigenvalue weighted by molar-refractivity contribution is 0.459. The molecular weight excluding hydrogens is 246 g/mol. The summed E-state index contributed by atoms with van der Waals surface area (Å²) in [6.45, 7) is 0.958. The van der Waals surface area contributed by atoms with Crippen LogP contribution in [0.4, 0.5) is 0 Å². The fraction of sp³-hybridized carbons (Fsp3) is 0.471. The highest BCUT2D eigenvalue weighted by Crippen LogP contribution is 2.19. The van der Waals surface area contributed by atoms with E-state index in [4.69, 9.17) is 0 Å². The molecular formula is C17H23N3. The van der Waals surface area contributed by atoms with Crippen molar-refractivity contribution in [2.24, 2.45) is 0 Å². The molecule has 0 amide bonds. The van der Waals surface area contributed by atoms with Crippen LogP contribution in [0.5, 0.6) is 0 Å². The molecule has 0 aliphatic heterocycles. The normalized spacial score (nSPS) is 17.0. The summed E-state index contributed by atoms with van der Waals surface area (Å²) >= 11 is 0. The molecule has 1 heterocycles.